The molecular formula is C13H18ClN5S. The average molecular weight is 312 g/mol. The molecule has 0 aromatic carbocycles. The SMILES string of the molecule is CCC1CN(Cc2nc(Cl)c3cnn(C)c3n2)CCS1. The van der Waals surface area contributed by atoms with Gasteiger partial charge >= 0.3 is 0 Å². The summed E-state index contributed by atoms with van der Waals surface area (Å²) in [5.74, 6) is 1.97. The highest BCUT2D eigenvalue weighted by atomic mass is 35.5. The van der Waals surface area contributed by atoms with Crippen LogP contribution < -0.4 is 0 Å². The Morgan fingerprint density at radius 3 is 3.10 bits per heavy atom. The third-order valence-electron chi connectivity index (χ3n) is 3.64. The predicted molar refractivity (Wildman–Crippen MR) is 83.1 cm³/mol. The fourth-order valence-electron chi connectivity index (χ4n) is 2.47. The number of aryl methyl sites for hydroxylation is 1. The van der Waals surface area contributed by atoms with E-state index in [1.165, 1.54) is 12.2 Å². The van der Waals surface area contributed by atoms with Crippen LogP contribution in [-0.2, 0) is 13.6 Å². The molecule has 0 spiro atoms. The second kappa shape index (κ2) is 5.87. The van der Waals surface area contributed by atoms with Crippen molar-refractivity contribution in [2.75, 3.05) is 18.8 Å². The molecule has 1 atom stereocenters. The summed E-state index contributed by atoms with van der Waals surface area (Å²) in [5, 5.41) is 6.22. The Balaban J connectivity index is 1.82. The summed E-state index contributed by atoms with van der Waals surface area (Å²) in [5.41, 5.74) is 0.804. The van der Waals surface area contributed by atoms with Crippen LogP contribution in [0.4, 0.5) is 0 Å². The quantitative estimate of drug-likeness (QED) is 0.814. The zero-order valence-electron chi connectivity index (χ0n) is 11.7. The smallest absolute Gasteiger partial charge is 0.162 e. The fourth-order valence-corrected chi connectivity index (χ4v) is 3.95. The summed E-state index contributed by atoms with van der Waals surface area (Å²) < 4.78 is 1.74. The lowest BCUT2D eigenvalue weighted by atomic mass is 10.3. The minimum absolute atomic E-state index is 0.497. The van der Waals surface area contributed by atoms with E-state index in [0.29, 0.717) is 5.15 Å². The van der Waals surface area contributed by atoms with Gasteiger partial charge in [0, 0.05) is 31.1 Å². The zero-order valence-corrected chi connectivity index (χ0v) is 13.3. The number of thioether (sulfide) groups is 1. The summed E-state index contributed by atoms with van der Waals surface area (Å²) >= 11 is 8.29. The van der Waals surface area contributed by atoms with Gasteiger partial charge in [0.15, 0.2) is 5.65 Å². The van der Waals surface area contributed by atoms with Crippen molar-refractivity contribution in [3.63, 3.8) is 0 Å². The highest BCUT2D eigenvalue weighted by Crippen LogP contribution is 2.23. The largest absolute Gasteiger partial charge is 0.294 e. The number of halogens is 1. The van der Waals surface area contributed by atoms with Crippen molar-refractivity contribution in [2.24, 2.45) is 7.05 Å². The molecule has 5 nitrogen and oxygen atoms in total. The standard InChI is InChI=1S/C13H18ClN5S/c1-3-9-7-19(4-5-20-9)8-11-16-12(14)10-6-15-18(2)13(10)17-11/h6,9H,3-5,7-8H2,1-2H3. The van der Waals surface area contributed by atoms with Gasteiger partial charge in [0.05, 0.1) is 18.1 Å². The van der Waals surface area contributed by atoms with E-state index in [4.69, 9.17) is 11.6 Å². The Morgan fingerprint density at radius 1 is 1.45 bits per heavy atom. The van der Waals surface area contributed by atoms with Gasteiger partial charge in [0.2, 0.25) is 0 Å². The molecular weight excluding hydrogens is 294 g/mol. The molecule has 0 aliphatic carbocycles. The van der Waals surface area contributed by atoms with Gasteiger partial charge in [-0.25, -0.2) is 9.97 Å². The van der Waals surface area contributed by atoms with E-state index < -0.39 is 0 Å². The molecule has 1 aliphatic heterocycles. The van der Waals surface area contributed by atoms with Crippen LogP contribution in [0.25, 0.3) is 11.0 Å². The zero-order chi connectivity index (χ0) is 14.1. The Labute approximate surface area is 127 Å². The third kappa shape index (κ3) is 2.77. The summed E-state index contributed by atoms with van der Waals surface area (Å²) in [4.78, 5) is 11.4. The van der Waals surface area contributed by atoms with E-state index in [2.05, 4.69) is 38.7 Å². The van der Waals surface area contributed by atoms with Gasteiger partial charge in [0.25, 0.3) is 0 Å². The monoisotopic (exact) mass is 311 g/mol. The molecule has 2 aromatic heterocycles. The molecule has 108 valence electrons. The van der Waals surface area contributed by atoms with E-state index in [9.17, 15) is 0 Å². The minimum atomic E-state index is 0.497. The van der Waals surface area contributed by atoms with Crippen LogP contribution in [0, 0.1) is 0 Å². The normalized spacial score (nSPS) is 20.6. The molecule has 7 heteroatoms. The number of fused-ring (bicyclic) bond motifs is 1. The van der Waals surface area contributed by atoms with Crippen LogP contribution in [0.15, 0.2) is 6.20 Å². The second-order valence-electron chi connectivity index (χ2n) is 5.07. The topological polar surface area (TPSA) is 46.8 Å². The Hall–Kier alpha value is -0.850. The average Bonchev–Trinajstić information content (AvgIpc) is 2.81. The van der Waals surface area contributed by atoms with Crippen LogP contribution in [-0.4, -0.2) is 48.7 Å². The van der Waals surface area contributed by atoms with Crippen molar-refractivity contribution in [3.8, 4) is 0 Å². The van der Waals surface area contributed by atoms with Crippen LogP contribution in [0.1, 0.15) is 19.2 Å². The summed E-state index contributed by atoms with van der Waals surface area (Å²) in [6, 6.07) is 0. The predicted octanol–water partition coefficient (Wildman–Crippen LogP) is 2.34. The molecule has 1 unspecified atom stereocenters. The molecule has 0 bridgehead atoms. The van der Waals surface area contributed by atoms with E-state index in [-0.39, 0.29) is 0 Å². The van der Waals surface area contributed by atoms with Gasteiger partial charge in [-0.05, 0) is 6.42 Å². The van der Waals surface area contributed by atoms with Gasteiger partial charge in [-0.1, -0.05) is 18.5 Å². The summed E-state index contributed by atoms with van der Waals surface area (Å²) in [6.45, 7) is 5.20. The first-order valence-electron chi connectivity index (χ1n) is 6.85. The van der Waals surface area contributed by atoms with Gasteiger partial charge in [0.1, 0.15) is 11.0 Å². The van der Waals surface area contributed by atoms with E-state index >= 15 is 0 Å². The lowest BCUT2D eigenvalue weighted by Gasteiger charge is -2.31. The Bertz CT molecular complexity index is 614. The lowest BCUT2D eigenvalue weighted by molar-refractivity contribution is 0.267. The highest BCUT2D eigenvalue weighted by molar-refractivity contribution is 8.00. The number of nitrogens with zero attached hydrogens (tertiary/aromatic N) is 5. The molecule has 0 amide bonds. The number of hydrogen-bond acceptors (Lipinski definition) is 5. The van der Waals surface area contributed by atoms with Crippen LogP contribution in [0.5, 0.6) is 0 Å². The second-order valence-corrected chi connectivity index (χ2v) is 6.84. The fraction of sp³-hybridized carbons (Fsp3) is 0.615. The van der Waals surface area contributed by atoms with Crippen LogP contribution in [0.2, 0.25) is 5.15 Å². The molecule has 1 fully saturated rings. The number of aromatic nitrogens is 4. The molecule has 1 saturated heterocycles. The first kappa shape index (κ1) is 14.1. The summed E-state index contributed by atoms with van der Waals surface area (Å²) in [7, 11) is 1.88. The van der Waals surface area contributed by atoms with Crippen molar-refractivity contribution in [3.05, 3.63) is 17.2 Å². The Kier molecular flexibility index (Phi) is 4.14. The van der Waals surface area contributed by atoms with Gasteiger partial charge in [-0.2, -0.15) is 16.9 Å². The minimum Gasteiger partial charge on any atom is -0.294 e. The van der Waals surface area contributed by atoms with Gasteiger partial charge < -0.3 is 0 Å². The first-order chi connectivity index (χ1) is 9.67. The number of rotatable bonds is 3. The molecule has 2 aromatic rings. The number of hydrogen-bond donors (Lipinski definition) is 0. The molecule has 20 heavy (non-hydrogen) atoms. The van der Waals surface area contributed by atoms with E-state index in [1.54, 1.807) is 10.9 Å². The maximum atomic E-state index is 6.22. The third-order valence-corrected chi connectivity index (χ3v) is 5.30. The van der Waals surface area contributed by atoms with Crippen molar-refractivity contribution in [1.29, 1.82) is 0 Å². The van der Waals surface area contributed by atoms with Gasteiger partial charge in [-0.3, -0.25) is 9.58 Å². The Morgan fingerprint density at radius 2 is 2.30 bits per heavy atom. The van der Waals surface area contributed by atoms with Crippen molar-refractivity contribution < 1.29 is 0 Å². The van der Waals surface area contributed by atoms with E-state index in [0.717, 1.165) is 41.7 Å². The molecule has 0 radical (unpaired) electrons. The molecule has 0 N–H and O–H groups in total. The molecule has 0 saturated carbocycles. The van der Waals surface area contributed by atoms with E-state index in [1.807, 2.05) is 7.05 Å². The van der Waals surface area contributed by atoms with Crippen LogP contribution in [0.3, 0.4) is 0 Å². The molecule has 3 heterocycles. The maximum Gasteiger partial charge on any atom is 0.162 e. The lowest BCUT2D eigenvalue weighted by Crippen LogP contribution is -2.37. The van der Waals surface area contributed by atoms with Crippen molar-refractivity contribution in [2.45, 2.75) is 25.1 Å². The highest BCUT2D eigenvalue weighted by Gasteiger charge is 2.20. The summed E-state index contributed by atoms with van der Waals surface area (Å²) in [6.07, 6.45) is 2.93. The molecule has 3 rings (SSSR count). The van der Waals surface area contributed by atoms with Crippen molar-refractivity contribution >= 4 is 34.4 Å². The molecule has 1 aliphatic rings. The van der Waals surface area contributed by atoms with Crippen LogP contribution >= 0.6 is 23.4 Å². The van der Waals surface area contributed by atoms with Gasteiger partial charge in [-0.15, -0.1) is 0 Å². The first-order valence-corrected chi connectivity index (χ1v) is 8.28. The maximum absolute atomic E-state index is 6.22. The van der Waals surface area contributed by atoms with Crippen molar-refractivity contribution in [1.82, 2.24) is 24.6 Å².